The summed E-state index contributed by atoms with van der Waals surface area (Å²) in [7, 11) is 0. The molecule has 1 aromatic rings. The van der Waals surface area contributed by atoms with Gasteiger partial charge in [0.05, 0.1) is 0 Å². The lowest BCUT2D eigenvalue weighted by Crippen LogP contribution is -1.94. The lowest BCUT2D eigenvalue weighted by Gasteiger charge is -2.12. The van der Waals surface area contributed by atoms with Crippen LogP contribution in [0.5, 0.6) is 11.5 Å². The standard InChI is InChI=1S/C26H46O2/c1-3-5-7-9-11-13-15-17-19-23-21-22-25(27)24(26(23)28)20-18-16-14-12-10-8-6-4-2/h21-22,27-28H,3-20H2,1-2H3. The molecular weight excluding hydrogens is 344 g/mol. The molecule has 0 heterocycles. The summed E-state index contributed by atoms with van der Waals surface area (Å²) in [4.78, 5) is 0. The molecule has 0 bridgehead atoms. The van der Waals surface area contributed by atoms with Crippen LogP contribution < -0.4 is 0 Å². The summed E-state index contributed by atoms with van der Waals surface area (Å²) in [5.74, 6) is 0.617. The number of aromatic hydroxyl groups is 2. The second-order valence-electron chi connectivity index (χ2n) is 8.52. The number of benzene rings is 1. The fraction of sp³-hybridized carbons (Fsp3) is 0.769. The third kappa shape index (κ3) is 11.0. The molecular formula is C26H46O2. The Morgan fingerprint density at radius 2 is 0.964 bits per heavy atom. The normalized spacial score (nSPS) is 11.2. The van der Waals surface area contributed by atoms with Gasteiger partial charge in [0.2, 0.25) is 0 Å². The largest absolute Gasteiger partial charge is 0.508 e. The zero-order valence-corrected chi connectivity index (χ0v) is 18.8. The van der Waals surface area contributed by atoms with Crippen molar-refractivity contribution < 1.29 is 10.2 Å². The number of aryl methyl sites for hydroxylation is 1. The van der Waals surface area contributed by atoms with Gasteiger partial charge in [-0.25, -0.2) is 0 Å². The molecule has 2 heteroatoms. The van der Waals surface area contributed by atoms with Crippen LogP contribution in [-0.4, -0.2) is 10.2 Å². The van der Waals surface area contributed by atoms with E-state index in [9.17, 15) is 10.2 Å². The molecule has 0 amide bonds. The van der Waals surface area contributed by atoms with Crippen molar-refractivity contribution in [2.45, 2.75) is 129 Å². The van der Waals surface area contributed by atoms with Crippen LogP contribution >= 0.6 is 0 Å². The predicted molar refractivity (Wildman–Crippen MR) is 122 cm³/mol. The number of phenols is 2. The molecule has 0 aliphatic carbocycles. The van der Waals surface area contributed by atoms with Gasteiger partial charge in [0.15, 0.2) is 0 Å². The average molecular weight is 391 g/mol. The van der Waals surface area contributed by atoms with Gasteiger partial charge in [0, 0.05) is 5.56 Å². The summed E-state index contributed by atoms with van der Waals surface area (Å²) in [6, 6.07) is 3.68. The Hall–Kier alpha value is -1.18. The van der Waals surface area contributed by atoms with Crippen molar-refractivity contribution >= 4 is 0 Å². The molecule has 2 N–H and O–H groups in total. The third-order valence-corrected chi connectivity index (χ3v) is 5.92. The summed E-state index contributed by atoms with van der Waals surface area (Å²) in [5, 5.41) is 20.8. The van der Waals surface area contributed by atoms with E-state index in [1.807, 2.05) is 6.07 Å². The Labute approximate surface area is 174 Å². The summed E-state index contributed by atoms with van der Waals surface area (Å²) in [5.41, 5.74) is 1.78. The van der Waals surface area contributed by atoms with E-state index in [-0.39, 0.29) is 5.75 Å². The van der Waals surface area contributed by atoms with Crippen LogP contribution in [0.4, 0.5) is 0 Å². The lowest BCUT2D eigenvalue weighted by atomic mass is 9.97. The quantitative estimate of drug-likeness (QED) is 0.247. The van der Waals surface area contributed by atoms with Crippen molar-refractivity contribution in [2.24, 2.45) is 0 Å². The fourth-order valence-electron chi connectivity index (χ4n) is 4.01. The van der Waals surface area contributed by atoms with Gasteiger partial charge in [-0.2, -0.15) is 0 Å². The Morgan fingerprint density at radius 1 is 0.536 bits per heavy atom. The van der Waals surface area contributed by atoms with Gasteiger partial charge in [-0.05, 0) is 37.3 Å². The molecule has 0 fully saturated rings. The summed E-state index contributed by atoms with van der Waals surface area (Å²) in [6.07, 6.45) is 22.3. The topological polar surface area (TPSA) is 40.5 Å². The summed E-state index contributed by atoms with van der Waals surface area (Å²) >= 11 is 0. The Kier molecular flexibility index (Phi) is 14.9. The Balaban J connectivity index is 2.26. The molecule has 0 aliphatic heterocycles. The van der Waals surface area contributed by atoms with Crippen LogP contribution in [0.1, 0.15) is 128 Å². The van der Waals surface area contributed by atoms with Crippen molar-refractivity contribution in [2.75, 3.05) is 0 Å². The molecule has 0 spiro atoms. The highest BCUT2D eigenvalue weighted by Gasteiger charge is 2.12. The minimum Gasteiger partial charge on any atom is -0.508 e. The number of hydrogen-bond donors (Lipinski definition) is 2. The summed E-state index contributed by atoms with van der Waals surface area (Å²) < 4.78 is 0. The number of rotatable bonds is 18. The van der Waals surface area contributed by atoms with E-state index in [1.54, 1.807) is 6.07 Å². The van der Waals surface area contributed by atoms with Gasteiger partial charge < -0.3 is 10.2 Å². The Morgan fingerprint density at radius 3 is 1.46 bits per heavy atom. The molecule has 162 valence electrons. The highest BCUT2D eigenvalue weighted by atomic mass is 16.3. The molecule has 0 atom stereocenters. The van der Waals surface area contributed by atoms with Gasteiger partial charge in [0.1, 0.15) is 11.5 Å². The molecule has 1 aromatic carbocycles. The predicted octanol–water partition coefficient (Wildman–Crippen LogP) is 8.46. The number of phenolic OH excluding ortho intramolecular Hbond substituents is 2. The van der Waals surface area contributed by atoms with Crippen molar-refractivity contribution in [1.82, 2.24) is 0 Å². The second kappa shape index (κ2) is 16.7. The average Bonchev–Trinajstić information content (AvgIpc) is 2.69. The van der Waals surface area contributed by atoms with Crippen molar-refractivity contribution in [3.8, 4) is 11.5 Å². The highest BCUT2D eigenvalue weighted by molar-refractivity contribution is 5.48. The van der Waals surface area contributed by atoms with Crippen LogP contribution in [-0.2, 0) is 12.8 Å². The maximum atomic E-state index is 10.6. The van der Waals surface area contributed by atoms with Gasteiger partial charge in [-0.1, -0.05) is 110 Å². The van der Waals surface area contributed by atoms with Crippen molar-refractivity contribution in [3.63, 3.8) is 0 Å². The maximum Gasteiger partial charge on any atom is 0.125 e. The molecule has 0 aliphatic rings. The number of unbranched alkanes of at least 4 members (excludes halogenated alkanes) is 14. The first-order chi connectivity index (χ1) is 13.7. The fourth-order valence-corrected chi connectivity index (χ4v) is 4.01. The van der Waals surface area contributed by atoms with Gasteiger partial charge in [-0.15, -0.1) is 0 Å². The van der Waals surface area contributed by atoms with E-state index in [0.29, 0.717) is 5.75 Å². The molecule has 0 saturated heterocycles. The first kappa shape index (κ1) is 24.9. The van der Waals surface area contributed by atoms with Crippen molar-refractivity contribution in [1.29, 1.82) is 0 Å². The SMILES string of the molecule is CCCCCCCCCCc1ccc(O)c(CCCCCCCCCC)c1O. The third-order valence-electron chi connectivity index (χ3n) is 5.92. The van der Waals surface area contributed by atoms with Crippen LogP contribution in [0.25, 0.3) is 0 Å². The lowest BCUT2D eigenvalue weighted by molar-refractivity contribution is 0.430. The van der Waals surface area contributed by atoms with Crippen LogP contribution in [0.2, 0.25) is 0 Å². The first-order valence-corrected chi connectivity index (χ1v) is 12.2. The van der Waals surface area contributed by atoms with Crippen LogP contribution in [0.15, 0.2) is 12.1 Å². The van der Waals surface area contributed by atoms with E-state index in [1.165, 1.54) is 89.9 Å². The smallest absolute Gasteiger partial charge is 0.125 e. The zero-order chi connectivity index (χ0) is 20.5. The number of hydrogen-bond acceptors (Lipinski definition) is 2. The van der Waals surface area contributed by atoms with Crippen LogP contribution in [0, 0.1) is 0 Å². The molecule has 0 aromatic heterocycles. The van der Waals surface area contributed by atoms with E-state index in [2.05, 4.69) is 13.8 Å². The molecule has 0 unspecified atom stereocenters. The van der Waals surface area contributed by atoms with E-state index < -0.39 is 0 Å². The molecule has 1 rings (SSSR count). The van der Waals surface area contributed by atoms with E-state index >= 15 is 0 Å². The molecule has 0 radical (unpaired) electrons. The van der Waals surface area contributed by atoms with E-state index in [0.717, 1.165) is 36.8 Å². The Bertz CT molecular complexity index is 495. The first-order valence-electron chi connectivity index (χ1n) is 12.2. The molecule has 28 heavy (non-hydrogen) atoms. The van der Waals surface area contributed by atoms with E-state index in [4.69, 9.17) is 0 Å². The minimum absolute atomic E-state index is 0.264. The monoisotopic (exact) mass is 390 g/mol. The summed E-state index contributed by atoms with van der Waals surface area (Å²) in [6.45, 7) is 4.51. The maximum absolute atomic E-state index is 10.6. The van der Waals surface area contributed by atoms with Gasteiger partial charge in [0.25, 0.3) is 0 Å². The molecule has 2 nitrogen and oxygen atoms in total. The van der Waals surface area contributed by atoms with Crippen molar-refractivity contribution in [3.05, 3.63) is 23.3 Å². The molecule has 0 saturated carbocycles. The van der Waals surface area contributed by atoms with Gasteiger partial charge >= 0.3 is 0 Å². The minimum atomic E-state index is 0.264. The zero-order valence-electron chi connectivity index (χ0n) is 18.8. The van der Waals surface area contributed by atoms with Crippen LogP contribution in [0.3, 0.4) is 0 Å². The van der Waals surface area contributed by atoms with Gasteiger partial charge in [-0.3, -0.25) is 0 Å². The highest BCUT2D eigenvalue weighted by Crippen LogP contribution is 2.33. The second-order valence-corrected chi connectivity index (χ2v) is 8.52.